The van der Waals surface area contributed by atoms with Gasteiger partial charge in [0.05, 0.1) is 12.3 Å². The summed E-state index contributed by atoms with van der Waals surface area (Å²) in [5.41, 5.74) is 0.660. The summed E-state index contributed by atoms with van der Waals surface area (Å²) in [6.45, 7) is -2.23. The van der Waals surface area contributed by atoms with E-state index >= 15 is 0 Å². The Morgan fingerprint density at radius 2 is 1.68 bits per heavy atom. The standard InChI is InChI=1S/C10H17N2O5PS/c1-13-6-8-5-10(12-9(11-8)7-14-2)17-18(19,15-3)16-4/h5H,6-7H2,1-4H3. The zero-order valence-electron chi connectivity index (χ0n) is 11.3. The van der Waals surface area contributed by atoms with E-state index in [2.05, 4.69) is 9.97 Å². The minimum Gasteiger partial charge on any atom is -0.406 e. The van der Waals surface area contributed by atoms with Crippen LogP contribution < -0.4 is 4.52 Å². The molecule has 1 aromatic heterocycles. The predicted octanol–water partition coefficient (Wildman–Crippen LogP) is 1.67. The molecule has 0 N–H and O–H groups in total. The smallest absolute Gasteiger partial charge is 0.381 e. The fourth-order valence-electron chi connectivity index (χ4n) is 1.25. The molecule has 0 amide bonds. The normalized spacial score (nSPS) is 11.6. The number of aromatic nitrogens is 2. The van der Waals surface area contributed by atoms with Crippen molar-refractivity contribution < 1.29 is 23.0 Å². The maximum Gasteiger partial charge on any atom is 0.381 e. The maximum absolute atomic E-state index is 5.49. The average Bonchev–Trinajstić information content (AvgIpc) is 2.39. The minimum absolute atomic E-state index is 0.261. The van der Waals surface area contributed by atoms with Crippen LogP contribution >= 0.6 is 6.72 Å². The Morgan fingerprint density at radius 3 is 2.21 bits per heavy atom. The average molecular weight is 308 g/mol. The van der Waals surface area contributed by atoms with Crippen LogP contribution in [0.5, 0.6) is 5.88 Å². The third kappa shape index (κ3) is 5.10. The molecule has 0 aliphatic rings. The highest BCUT2D eigenvalue weighted by atomic mass is 32.5. The van der Waals surface area contributed by atoms with E-state index in [-0.39, 0.29) is 12.5 Å². The van der Waals surface area contributed by atoms with Gasteiger partial charge in [-0.3, -0.25) is 0 Å². The molecule has 0 spiro atoms. The molecule has 0 radical (unpaired) electrons. The van der Waals surface area contributed by atoms with Gasteiger partial charge in [-0.2, -0.15) is 4.98 Å². The van der Waals surface area contributed by atoms with Crippen molar-refractivity contribution in [3.05, 3.63) is 17.6 Å². The first-order valence-corrected chi connectivity index (χ1v) is 7.88. The van der Waals surface area contributed by atoms with Crippen LogP contribution in [0.1, 0.15) is 11.5 Å². The molecule has 0 atom stereocenters. The molecule has 0 saturated carbocycles. The second kappa shape index (κ2) is 7.84. The van der Waals surface area contributed by atoms with Gasteiger partial charge in [0.15, 0.2) is 5.82 Å². The quantitative estimate of drug-likeness (QED) is 0.672. The van der Waals surface area contributed by atoms with Gasteiger partial charge in [0.2, 0.25) is 5.88 Å². The van der Waals surface area contributed by atoms with Crippen LogP contribution in [0.4, 0.5) is 0 Å². The van der Waals surface area contributed by atoms with Crippen molar-refractivity contribution in [1.29, 1.82) is 0 Å². The number of ether oxygens (including phenoxy) is 2. The number of hydrogen-bond acceptors (Lipinski definition) is 8. The van der Waals surface area contributed by atoms with E-state index in [9.17, 15) is 0 Å². The Bertz CT molecular complexity index is 427. The monoisotopic (exact) mass is 308 g/mol. The Morgan fingerprint density at radius 1 is 1.05 bits per heavy atom. The largest absolute Gasteiger partial charge is 0.406 e. The van der Waals surface area contributed by atoms with E-state index < -0.39 is 6.72 Å². The molecule has 0 aliphatic heterocycles. The molecule has 0 fully saturated rings. The van der Waals surface area contributed by atoms with Gasteiger partial charge in [0.25, 0.3) is 0 Å². The molecular formula is C10H17N2O5PS. The third-order valence-electron chi connectivity index (χ3n) is 2.02. The van der Waals surface area contributed by atoms with Crippen molar-refractivity contribution in [2.45, 2.75) is 13.2 Å². The van der Waals surface area contributed by atoms with Gasteiger partial charge in [-0.1, -0.05) is 0 Å². The summed E-state index contributed by atoms with van der Waals surface area (Å²) in [4.78, 5) is 8.42. The summed E-state index contributed by atoms with van der Waals surface area (Å²) in [5, 5.41) is 0. The van der Waals surface area contributed by atoms with E-state index in [4.69, 9.17) is 34.9 Å². The lowest BCUT2D eigenvalue weighted by atomic mass is 10.4. The Balaban J connectivity index is 3.01. The predicted molar refractivity (Wildman–Crippen MR) is 72.4 cm³/mol. The maximum atomic E-state index is 5.49. The Labute approximate surface area is 117 Å². The molecule has 1 heterocycles. The lowest BCUT2D eigenvalue weighted by Gasteiger charge is -2.18. The van der Waals surface area contributed by atoms with Crippen LogP contribution in [0.2, 0.25) is 0 Å². The van der Waals surface area contributed by atoms with E-state index in [1.165, 1.54) is 14.2 Å². The Hall–Kier alpha value is -0.630. The highest BCUT2D eigenvalue weighted by molar-refractivity contribution is 8.07. The summed E-state index contributed by atoms with van der Waals surface area (Å²) < 4.78 is 25.6. The Kier molecular flexibility index (Phi) is 6.78. The molecule has 0 saturated heterocycles. The van der Waals surface area contributed by atoms with Gasteiger partial charge in [-0.25, -0.2) is 4.98 Å². The van der Waals surface area contributed by atoms with Crippen molar-refractivity contribution in [3.8, 4) is 5.88 Å². The molecule has 0 aromatic carbocycles. The number of rotatable bonds is 8. The molecule has 9 heteroatoms. The summed E-state index contributed by atoms with van der Waals surface area (Å²) >= 11 is 5.12. The summed E-state index contributed by atoms with van der Waals surface area (Å²) in [7, 11) is 5.99. The fourth-order valence-corrected chi connectivity index (χ4v) is 2.10. The molecule has 0 aliphatic carbocycles. The molecule has 0 unspecified atom stereocenters. The minimum atomic E-state index is -2.82. The SMILES string of the molecule is COCc1cc(OP(=S)(OC)OC)nc(COC)n1. The zero-order chi connectivity index (χ0) is 14.3. The second-order valence-corrected chi connectivity index (χ2v) is 6.53. The van der Waals surface area contributed by atoms with Crippen LogP contribution in [0.25, 0.3) is 0 Å². The lowest BCUT2D eigenvalue weighted by molar-refractivity contribution is 0.169. The number of nitrogens with zero attached hydrogens (tertiary/aromatic N) is 2. The first-order chi connectivity index (χ1) is 9.06. The van der Waals surface area contributed by atoms with Crippen LogP contribution in [-0.2, 0) is 43.5 Å². The van der Waals surface area contributed by atoms with Gasteiger partial charge < -0.3 is 23.0 Å². The highest BCUT2D eigenvalue weighted by Gasteiger charge is 2.20. The molecule has 0 bridgehead atoms. The van der Waals surface area contributed by atoms with Gasteiger partial charge in [-0.15, -0.1) is 0 Å². The van der Waals surface area contributed by atoms with Gasteiger partial charge >= 0.3 is 6.72 Å². The van der Waals surface area contributed by atoms with Crippen LogP contribution in [0.15, 0.2) is 6.07 Å². The molecular weight excluding hydrogens is 291 g/mol. The van der Waals surface area contributed by atoms with Gasteiger partial charge in [0, 0.05) is 46.3 Å². The molecule has 1 aromatic rings. The number of hydrogen-bond donors (Lipinski definition) is 0. The highest BCUT2D eigenvalue weighted by Crippen LogP contribution is 2.47. The molecule has 1 rings (SSSR count). The summed E-state index contributed by atoms with van der Waals surface area (Å²) in [5.74, 6) is 0.752. The first kappa shape index (κ1) is 16.4. The second-order valence-electron chi connectivity index (χ2n) is 3.38. The van der Waals surface area contributed by atoms with Crippen LogP contribution in [0.3, 0.4) is 0 Å². The van der Waals surface area contributed by atoms with Crippen molar-refractivity contribution in [2.75, 3.05) is 28.4 Å². The van der Waals surface area contributed by atoms with Gasteiger partial charge in [-0.05, 0) is 0 Å². The third-order valence-corrected chi connectivity index (χ3v) is 4.44. The number of methoxy groups -OCH3 is 2. The molecule has 7 nitrogen and oxygen atoms in total. The van der Waals surface area contributed by atoms with E-state index in [1.54, 1.807) is 20.3 Å². The first-order valence-electron chi connectivity index (χ1n) is 5.32. The fraction of sp³-hybridized carbons (Fsp3) is 0.600. The van der Waals surface area contributed by atoms with Crippen LogP contribution in [-0.4, -0.2) is 38.4 Å². The molecule has 108 valence electrons. The van der Waals surface area contributed by atoms with Crippen molar-refractivity contribution in [3.63, 3.8) is 0 Å². The van der Waals surface area contributed by atoms with E-state index in [0.717, 1.165) is 0 Å². The summed E-state index contributed by atoms with van der Waals surface area (Å²) in [6, 6.07) is 1.63. The van der Waals surface area contributed by atoms with Crippen molar-refractivity contribution >= 4 is 18.5 Å². The summed E-state index contributed by atoms with van der Waals surface area (Å²) in [6.07, 6.45) is 0. The van der Waals surface area contributed by atoms with Crippen LogP contribution in [0, 0.1) is 0 Å². The zero-order valence-corrected chi connectivity index (χ0v) is 13.0. The van der Waals surface area contributed by atoms with Crippen molar-refractivity contribution in [1.82, 2.24) is 9.97 Å². The van der Waals surface area contributed by atoms with Gasteiger partial charge in [0.1, 0.15) is 6.61 Å². The molecule has 19 heavy (non-hydrogen) atoms. The lowest BCUT2D eigenvalue weighted by Crippen LogP contribution is -2.05. The topological polar surface area (TPSA) is 71.9 Å². The van der Waals surface area contributed by atoms with Crippen molar-refractivity contribution in [2.24, 2.45) is 0 Å². The van der Waals surface area contributed by atoms with E-state index in [1.807, 2.05) is 0 Å². The van der Waals surface area contributed by atoms with E-state index in [0.29, 0.717) is 18.1 Å².